The van der Waals surface area contributed by atoms with Crippen molar-refractivity contribution in [1.82, 2.24) is 4.57 Å². The highest BCUT2D eigenvalue weighted by Crippen LogP contribution is 2.28. The zero-order chi connectivity index (χ0) is 14.0. The summed E-state index contributed by atoms with van der Waals surface area (Å²) < 4.78 is 1.79. The quantitative estimate of drug-likeness (QED) is 0.805. The van der Waals surface area contributed by atoms with Gasteiger partial charge in [0.15, 0.2) is 6.29 Å². The van der Waals surface area contributed by atoms with Gasteiger partial charge in [-0.15, -0.1) is 0 Å². The summed E-state index contributed by atoms with van der Waals surface area (Å²) in [7, 11) is 0. The third-order valence-electron chi connectivity index (χ3n) is 3.28. The van der Waals surface area contributed by atoms with Crippen LogP contribution in [0.25, 0.3) is 10.9 Å². The molecule has 2 N–H and O–H groups in total. The number of carboxylic acid groups (broad SMARTS) is 1. The first-order valence-corrected chi connectivity index (χ1v) is 6.03. The Kier molecular flexibility index (Phi) is 3.66. The lowest BCUT2D eigenvalue weighted by Crippen LogP contribution is -2.06. The van der Waals surface area contributed by atoms with Crippen molar-refractivity contribution in [3.8, 4) is 0 Å². The maximum atomic E-state index is 11.3. The second kappa shape index (κ2) is 5.24. The molecule has 5 nitrogen and oxygen atoms in total. The summed E-state index contributed by atoms with van der Waals surface area (Å²) >= 11 is 0. The van der Waals surface area contributed by atoms with Crippen LogP contribution in [0, 0.1) is 6.92 Å². The fourth-order valence-corrected chi connectivity index (χ4v) is 2.39. The van der Waals surface area contributed by atoms with Gasteiger partial charge in [-0.25, -0.2) is 4.79 Å². The molecule has 0 atom stereocenters. The number of nitrogens with zero attached hydrogens (tertiary/aromatic N) is 1. The van der Waals surface area contributed by atoms with E-state index < -0.39 is 5.97 Å². The molecule has 1 aromatic heterocycles. The highest BCUT2D eigenvalue weighted by Gasteiger charge is 2.18. The number of aryl methyl sites for hydroxylation is 1. The number of aliphatic hydroxyl groups is 1. The van der Waals surface area contributed by atoms with Crippen LogP contribution in [0.3, 0.4) is 0 Å². The predicted octanol–water partition coefficient (Wildman–Crippen LogP) is 1.84. The number of aromatic nitrogens is 1. The molecule has 5 heteroatoms. The Labute approximate surface area is 110 Å². The molecular formula is C14H15NO4. The standard InChI is InChI=1S/C14H15NO4/c1-9-12(8-17)10-4-2-5-11(14(18)19)13(10)15(9)6-3-7-16/h2,4-5,8,16H,3,6-7H2,1H3,(H,18,19). The zero-order valence-corrected chi connectivity index (χ0v) is 10.6. The highest BCUT2D eigenvalue weighted by atomic mass is 16.4. The number of para-hydroxylation sites is 1. The van der Waals surface area contributed by atoms with Gasteiger partial charge in [-0.1, -0.05) is 12.1 Å². The van der Waals surface area contributed by atoms with Gasteiger partial charge in [-0.3, -0.25) is 4.79 Å². The van der Waals surface area contributed by atoms with Crippen LogP contribution in [-0.4, -0.2) is 33.6 Å². The lowest BCUT2D eigenvalue weighted by molar-refractivity contribution is 0.0698. The smallest absolute Gasteiger partial charge is 0.337 e. The number of aliphatic hydroxyl groups excluding tert-OH is 1. The Morgan fingerprint density at radius 1 is 1.42 bits per heavy atom. The second-order valence-corrected chi connectivity index (χ2v) is 4.35. The lowest BCUT2D eigenvalue weighted by atomic mass is 10.1. The molecule has 2 aromatic rings. The predicted molar refractivity (Wildman–Crippen MR) is 70.7 cm³/mol. The maximum Gasteiger partial charge on any atom is 0.337 e. The summed E-state index contributed by atoms with van der Waals surface area (Å²) in [5.41, 5.74) is 1.96. The number of rotatable bonds is 5. The van der Waals surface area contributed by atoms with Crippen LogP contribution in [0.15, 0.2) is 18.2 Å². The van der Waals surface area contributed by atoms with Crippen molar-refractivity contribution in [2.45, 2.75) is 19.9 Å². The molecule has 0 aliphatic carbocycles. The van der Waals surface area contributed by atoms with E-state index in [1.54, 1.807) is 23.6 Å². The van der Waals surface area contributed by atoms with Crippen LogP contribution in [-0.2, 0) is 6.54 Å². The molecule has 0 saturated carbocycles. The Balaban J connectivity index is 2.80. The third kappa shape index (κ3) is 2.13. The van der Waals surface area contributed by atoms with Crippen molar-refractivity contribution in [3.05, 3.63) is 35.0 Å². The Morgan fingerprint density at radius 3 is 2.74 bits per heavy atom. The number of hydrogen-bond donors (Lipinski definition) is 2. The van der Waals surface area contributed by atoms with E-state index in [0.717, 1.165) is 12.0 Å². The van der Waals surface area contributed by atoms with Gasteiger partial charge in [0.05, 0.1) is 11.1 Å². The summed E-state index contributed by atoms with van der Waals surface area (Å²) in [5, 5.41) is 18.8. The average Bonchev–Trinajstić information content (AvgIpc) is 2.67. The maximum absolute atomic E-state index is 11.3. The van der Waals surface area contributed by atoms with E-state index in [1.165, 1.54) is 6.07 Å². The molecule has 0 unspecified atom stereocenters. The van der Waals surface area contributed by atoms with Gasteiger partial charge < -0.3 is 14.8 Å². The third-order valence-corrected chi connectivity index (χ3v) is 3.28. The van der Waals surface area contributed by atoms with Gasteiger partial charge in [-0.05, 0) is 19.4 Å². The van der Waals surface area contributed by atoms with Crippen molar-refractivity contribution in [2.24, 2.45) is 0 Å². The minimum Gasteiger partial charge on any atom is -0.478 e. The van der Waals surface area contributed by atoms with Crippen LogP contribution < -0.4 is 0 Å². The monoisotopic (exact) mass is 261 g/mol. The minimum absolute atomic E-state index is 0.0186. The van der Waals surface area contributed by atoms with Crippen molar-refractivity contribution < 1.29 is 19.8 Å². The minimum atomic E-state index is -1.02. The Bertz CT molecular complexity index is 642. The summed E-state index contributed by atoms with van der Waals surface area (Å²) in [6, 6.07) is 4.90. The fourth-order valence-electron chi connectivity index (χ4n) is 2.39. The van der Waals surface area contributed by atoms with Crippen molar-refractivity contribution in [1.29, 1.82) is 0 Å². The molecule has 0 bridgehead atoms. The van der Waals surface area contributed by atoms with Gasteiger partial charge in [0, 0.05) is 29.8 Å². The van der Waals surface area contributed by atoms with Crippen molar-refractivity contribution in [2.75, 3.05) is 6.61 Å². The molecule has 0 fully saturated rings. The van der Waals surface area contributed by atoms with Gasteiger partial charge in [0.2, 0.25) is 0 Å². The van der Waals surface area contributed by atoms with Crippen molar-refractivity contribution in [3.63, 3.8) is 0 Å². The largest absolute Gasteiger partial charge is 0.478 e. The summed E-state index contributed by atoms with van der Waals surface area (Å²) in [5.74, 6) is -1.02. The first-order chi connectivity index (χ1) is 9.11. The number of aromatic carboxylic acids is 1. The molecular weight excluding hydrogens is 246 g/mol. The Hall–Kier alpha value is -2.14. The number of fused-ring (bicyclic) bond motifs is 1. The van der Waals surface area contributed by atoms with E-state index in [2.05, 4.69) is 0 Å². The molecule has 0 spiro atoms. The molecule has 0 aliphatic rings. The highest BCUT2D eigenvalue weighted by molar-refractivity contribution is 6.08. The number of hydrogen-bond acceptors (Lipinski definition) is 3. The van der Waals surface area contributed by atoms with Crippen LogP contribution in [0.5, 0.6) is 0 Å². The molecule has 0 saturated heterocycles. The normalized spacial score (nSPS) is 10.8. The molecule has 1 heterocycles. The number of benzene rings is 1. The molecule has 19 heavy (non-hydrogen) atoms. The number of carbonyl (C=O) groups excluding carboxylic acids is 1. The van der Waals surface area contributed by atoms with E-state index in [-0.39, 0.29) is 12.2 Å². The molecule has 0 aliphatic heterocycles. The van der Waals surface area contributed by atoms with E-state index in [1.807, 2.05) is 0 Å². The molecule has 2 rings (SSSR count). The van der Waals surface area contributed by atoms with E-state index >= 15 is 0 Å². The number of carbonyl (C=O) groups is 2. The van der Waals surface area contributed by atoms with Gasteiger partial charge >= 0.3 is 5.97 Å². The van der Waals surface area contributed by atoms with Crippen LogP contribution in [0.1, 0.15) is 32.8 Å². The Morgan fingerprint density at radius 2 is 2.16 bits per heavy atom. The van der Waals surface area contributed by atoms with E-state index in [9.17, 15) is 14.7 Å². The second-order valence-electron chi connectivity index (χ2n) is 4.35. The lowest BCUT2D eigenvalue weighted by Gasteiger charge is -2.08. The average molecular weight is 261 g/mol. The van der Waals surface area contributed by atoms with Crippen LogP contribution in [0.2, 0.25) is 0 Å². The first kappa shape index (κ1) is 13.3. The number of carboxylic acids is 1. The summed E-state index contributed by atoms with van der Waals surface area (Å²) in [6.07, 6.45) is 1.26. The van der Waals surface area contributed by atoms with Crippen molar-refractivity contribution >= 4 is 23.2 Å². The van der Waals surface area contributed by atoms with E-state index in [0.29, 0.717) is 29.4 Å². The van der Waals surface area contributed by atoms with Crippen LogP contribution in [0.4, 0.5) is 0 Å². The first-order valence-electron chi connectivity index (χ1n) is 6.03. The summed E-state index contributed by atoms with van der Waals surface area (Å²) in [4.78, 5) is 22.5. The fraction of sp³-hybridized carbons (Fsp3) is 0.286. The van der Waals surface area contributed by atoms with Gasteiger partial charge in [0.25, 0.3) is 0 Å². The summed E-state index contributed by atoms with van der Waals surface area (Å²) in [6.45, 7) is 2.29. The molecule has 0 amide bonds. The molecule has 1 aromatic carbocycles. The zero-order valence-electron chi connectivity index (χ0n) is 10.6. The van der Waals surface area contributed by atoms with Gasteiger partial charge in [-0.2, -0.15) is 0 Å². The van der Waals surface area contributed by atoms with Crippen LogP contribution >= 0.6 is 0 Å². The SMILES string of the molecule is Cc1c(C=O)c2cccc(C(=O)O)c2n1CCCO. The molecule has 100 valence electrons. The molecule has 0 radical (unpaired) electrons. The topological polar surface area (TPSA) is 79.5 Å². The van der Waals surface area contributed by atoms with Gasteiger partial charge in [0.1, 0.15) is 0 Å². The number of aldehydes is 1. The van der Waals surface area contributed by atoms with E-state index in [4.69, 9.17) is 5.11 Å².